The first-order valence-electron chi connectivity index (χ1n) is 10.2. The Kier molecular flexibility index (Phi) is 6.36. The number of nitro benzene ring substituents is 1. The molecule has 0 radical (unpaired) electrons. The molecule has 2 atom stereocenters. The van der Waals surface area contributed by atoms with Crippen LogP contribution in [-0.4, -0.2) is 60.1 Å². The first-order chi connectivity index (χ1) is 15.3. The quantitative estimate of drug-likeness (QED) is 0.363. The third kappa shape index (κ3) is 5.77. The Morgan fingerprint density at radius 3 is 2.55 bits per heavy atom. The molecule has 3 rings (SSSR count). The van der Waals surface area contributed by atoms with Crippen molar-refractivity contribution in [3.8, 4) is 6.07 Å². The maximum absolute atomic E-state index is 12.8. The van der Waals surface area contributed by atoms with Crippen molar-refractivity contribution >= 4 is 27.8 Å². The summed E-state index contributed by atoms with van der Waals surface area (Å²) in [6.45, 7) is 4.67. The van der Waals surface area contributed by atoms with E-state index in [1.165, 1.54) is 6.07 Å². The van der Waals surface area contributed by atoms with Gasteiger partial charge in [-0.2, -0.15) is 13.7 Å². The highest BCUT2D eigenvalue weighted by Gasteiger charge is 2.49. The molecule has 2 aliphatic rings. The number of carbonyl (C=O) groups is 2. The minimum atomic E-state index is -4.43. The number of nitrogens with one attached hydrogen (secondary N) is 1. The van der Waals surface area contributed by atoms with E-state index in [4.69, 9.17) is 8.92 Å². The van der Waals surface area contributed by atoms with Gasteiger partial charge in [-0.05, 0) is 39.7 Å². The summed E-state index contributed by atoms with van der Waals surface area (Å²) < 4.78 is 36.0. The Morgan fingerprint density at radius 1 is 1.33 bits per heavy atom. The Bertz CT molecular complexity index is 1120. The first kappa shape index (κ1) is 24.4. The van der Waals surface area contributed by atoms with Crippen molar-refractivity contribution in [2.24, 2.45) is 0 Å². The normalized spacial score (nSPS) is 21.7. The van der Waals surface area contributed by atoms with Gasteiger partial charge in [-0.3, -0.25) is 24.0 Å². The van der Waals surface area contributed by atoms with Crippen LogP contribution in [0.15, 0.2) is 29.2 Å². The van der Waals surface area contributed by atoms with Gasteiger partial charge < -0.3 is 10.1 Å². The van der Waals surface area contributed by atoms with Crippen molar-refractivity contribution in [1.82, 2.24) is 10.2 Å². The minimum Gasteiger partial charge on any atom is -0.444 e. The largest absolute Gasteiger partial charge is 0.444 e. The molecule has 13 heteroatoms. The van der Waals surface area contributed by atoms with Crippen LogP contribution in [0.1, 0.15) is 40.0 Å². The second kappa shape index (κ2) is 8.60. The number of carbonyl (C=O) groups excluding carboxylic acids is 2. The zero-order chi connectivity index (χ0) is 24.6. The van der Waals surface area contributed by atoms with Crippen LogP contribution in [0, 0.1) is 21.4 Å². The monoisotopic (exact) mass is 480 g/mol. The SMILES string of the molecule is CC(C)(C)OC(=O)N1CC(OS(=O)(=O)c2cccc([N+](=O)[O-])c2)CC1C(=O)NC1(C#N)CC1. The van der Waals surface area contributed by atoms with E-state index in [0.29, 0.717) is 12.8 Å². The summed E-state index contributed by atoms with van der Waals surface area (Å²) >= 11 is 0. The molecule has 1 saturated carbocycles. The van der Waals surface area contributed by atoms with E-state index in [2.05, 4.69) is 5.32 Å². The van der Waals surface area contributed by atoms with Crippen molar-refractivity contribution in [3.05, 3.63) is 34.4 Å². The fraction of sp³-hybridized carbons (Fsp3) is 0.550. The molecular formula is C20H24N4O8S. The number of hydrogen-bond donors (Lipinski definition) is 1. The van der Waals surface area contributed by atoms with Crippen LogP contribution in [-0.2, 0) is 23.8 Å². The smallest absolute Gasteiger partial charge is 0.411 e. The molecule has 178 valence electrons. The van der Waals surface area contributed by atoms with Crippen LogP contribution in [0.25, 0.3) is 0 Å². The van der Waals surface area contributed by atoms with E-state index in [-0.39, 0.29) is 13.0 Å². The highest BCUT2D eigenvalue weighted by molar-refractivity contribution is 7.86. The lowest BCUT2D eigenvalue weighted by atomic mass is 10.1. The standard InChI is InChI=1S/C20H24N4O8S/c1-19(2,3)31-18(26)23-11-14(10-16(23)17(25)22-20(12-21)7-8-20)32-33(29,30)15-6-4-5-13(9-15)24(27)28/h4-6,9,14,16H,7-8,10-11H2,1-3H3,(H,22,25). The van der Waals surface area contributed by atoms with Crippen molar-refractivity contribution in [2.75, 3.05) is 6.54 Å². The van der Waals surface area contributed by atoms with Crippen LogP contribution in [0.4, 0.5) is 10.5 Å². The molecule has 0 aromatic heterocycles. The summed E-state index contributed by atoms with van der Waals surface area (Å²) in [6.07, 6.45) is -1.13. The van der Waals surface area contributed by atoms with Gasteiger partial charge in [0.2, 0.25) is 5.91 Å². The number of non-ortho nitro benzene ring substituents is 1. The Hall–Kier alpha value is -3.24. The molecule has 1 N–H and O–H groups in total. The number of rotatable bonds is 6. The molecule has 1 aromatic rings. The van der Waals surface area contributed by atoms with E-state index >= 15 is 0 Å². The van der Waals surface area contributed by atoms with E-state index in [9.17, 15) is 33.4 Å². The fourth-order valence-electron chi connectivity index (χ4n) is 3.33. The molecule has 0 bridgehead atoms. The summed E-state index contributed by atoms with van der Waals surface area (Å²) in [5, 5.41) is 22.8. The van der Waals surface area contributed by atoms with Gasteiger partial charge in [0.25, 0.3) is 15.8 Å². The average molecular weight is 480 g/mol. The minimum absolute atomic E-state index is 0.166. The predicted molar refractivity (Wildman–Crippen MR) is 112 cm³/mol. The first-order valence-corrected chi connectivity index (χ1v) is 11.6. The van der Waals surface area contributed by atoms with Crippen molar-refractivity contribution in [3.63, 3.8) is 0 Å². The molecule has 33 heavy (non-hydrogen) atoms. The molecule has 2 unspecified atom stereocenters. The third-order valence-corrected chi connectivity index (χ3v) is 6.46. The number of benzene rings is 1. The fourth-order valence-corrected chi connectivity index (χ4v) is 4.45. The summed E-state index contributed by atoms with van der Waals surface area (Å²) in [4.78, 5) is 36.4. The number of ether oxygens (including phenoxy) is 1. The molecule has 2 fully saturated rings. The summed E-state index contributed by atoms with van der Waals surface area (Å²) in [5.41, 5.74) is -2.27. The maximum atomic E-state index is 12.8. The van der Waals surface area contributed by atoms with Crippen LogP contribution in [0.5, 0.6) is 0 Å². The van der Waals surface area contributed by atoms with Gasteiger partial charge in [-0.1, -0.05) is 6.07 Å². The molecular weight excluding hydrogens is 456 g/mol. The Morgan fingerprint density at radius 2 is 2.00 bits per heavy atom. The topological polar surface area (TPSA) is 169 Å². The zero-order valence-corrected chi connectivity index (χ0v) is 19.1. The average Bonchev–Trinajstić information content (AvgIpc) is 3.36. The molecule has 2 amide bonds. The molecule has 12 nitrogen and oxygen atoms in total. The lowest BCUT2D eigenvalue weighted by Crippen LogP contribution is -2.50. The second-order valence-electron chi connectivity index (χ2n) is 8.99. The second-order valence-corrected chi connectivity index (χ2v) is 10.6. The van der Waals surface area contributed by atoms with Crippen LogP contribution < -0.4 is 5.32 Å². The Balaban J connectivity index is 1.81. The van der Waals surface area contributed by atoms with Crippen LogP contribution in [0.2, 0.25) is 0 Å². The number of nitrogens with zero attached hydrogens (tertiary/aromatic N) is 3. The van der Waals surface area contributed by atoms with E-state index in [0.717, 1.165) is 23.1 Å². The van der Waals surface area contributed by atoms with Crippen molar-refractivity contribution in [2.45, 2.75) is 68.2 Å². The number of nitro groups is 1. The van der Waals surface area contributed by atoms with Crippen LogP contribution in [0.3, 0.4) is 0 Å². The maximum Gasteiger partial charge on any atom is 0.411 e. The van der Waals surface area contributed by atoms with E-state index in [1.54, 1.807) is 20.8 Å². The van der Waals surface area contributed by atoms with Gasteiger partial charge in [0, 0.05) is 18.6 Å². The van der Waals surface area contributed by atoms with Crippen molar-refractivity contribution < 1.29 is 31.9 Å². The van der Waals surface area contributed by atoms with Gasteiger partial charge in [0.1, 0.15) is 22.1 Å². The third-order valence-electron chi connectivity index (χ3n) is 5.10. The van der Waals surface area contributed by atoms with Gasteiger partial charge in [0.05, 0.1) is 23.6 Å². The summed E-state index contributed by atoms with van der Waals surface area (Å²) in [6, 6.07) is 5.28. The van der Waals surface area contributed by atoms with E-state index in [1.807, 2.05) is 6.07 Å². The summed E-state index contributed by atoms with van der Waals surface area (Å²) in [5.74, 6) is -0.612. The zero-order valence-electron chi connectivity index (χ0n) is 18.3. The number of amides is 2. The highest BCUT2D eigenvalue weighted by Crippen LogP contribution is 2.35. The summed E-state index contributed by atoms with van der Waals surface area (Å²) in [7, 11) is -4.43. The van der Waals surface area contributed by atoms with Crippen LogP contribution >= 0.6 is 0 Å². The lowest BCUT2D eigenvalue weighted by Gasteiger charge is -2.28. The van der Waals surface area contributed by atoms with Gasteiger partial charge in [-0.15, -0.1) is 0 Å². The molecule has 1 heterocycles. The molecule has 1 aliphatic carbocycles. The van der Waals surface area contributed by atoms with Gasteiger partial charge in [-0.25, -0.2) is 4.79 Å². The number of likely N-dealkylation sites (tertiary alicyclic amines) is 1. The molecule has 0 spiro atoms. The van der Waals surface area contributed by atoms with Crippen molar-refractivity contribution in [1.29, 1.82) is 5.26 Å². The van der Waals surface area contributed by atoms with E-state index < -0.39 is 60.9 Å². The number of nitriles is 1. The lowest BCUT2D eigenvalue weighted by molar-refractivity contribution is -0.385. The highest BCUT2D eigenvalue weighted by atomic mass is 32.2. The molecule has 1 aliphatic heterocycles. The molecule has 1 aromatic carbocycles. The van der Waals surface area contributed by atoms with Gasteiger partial charge >= 0.3 is 6.09 Å². The Labute approximate surface area is 190 Å². The molecule has 1 saturated heterocycles. The predicted octanol–water partition coefficient (Wildman–Crippen LogP) is 1.85. The number of hydrogen-bond acceptors (Lipinski definition) is 9. The van der Waals surface area contributed by atoms with Gasteiger partial charge in [0.15, 0.2) is 0 Å².